The van der Waals surface area contributed by atoms with Gasteiger partial charge >= 0.3 is 0 Å². The van der Waals surface area contributed by atoms with Crippen molar-refractivity contribution >= 4 is 0 Å². The average Bonchev–Trinajstić information content (AvgIpc) is 2.94. The van der Waals surface area contributed by atoms with E-state index >= 15 is 0 Å². The van der Waals surface area contributed by atoms with Gasteiger partial charge in [0.15, 0.2) is 0 Å². The second-order valence-electron chi connectivity index (χ2n) is 9.99. The molecule has 4 rings (SSSR count). The Bertz CT molecular complexity index is 430. The van der Waals surface area contributed by atoms with E-state index in [0.29, 0.717) is 16.9 Å². The van der Waals surface area contributed by atoms with Crippen molar-refractivity contribution in [2.45, 2.75) is 78.7 Å². The summed E-state index contributed by atoms with van der Waals surface area (Å²) in [5.74, 6) is 5.88. The van der Waals surface area contributed by atoms with Crippen molar-refractivity contribution in [3.63, 3.8) is 0 Å². The number of hydrogen-bond acceptors (Lipinski definition) is 1. The van der Waals surface area contributed by atoms with Crippen molar-refractivity contribution in [3.8, 4) is 0 Å². The molecule has 120 valence electrons. The molecule has 4 aliphatic carbocycles. The zero-order valence-electron chi connectivity index (χ0n) is 14.6. The highest BCUT2D eigenvalue weighted by atomic mass is 14.7. The van der Waals surface area contributed by atoms with Crippen LogP contribution in [0.4, 0.5) is 0 Å². The van der Waals surface area contributed by atoms with Gasteiger partial charge < -0.3 is 5.73 Å². The third kappa shape index (κ3) is 1.79. The Labute approximate surface area is 131 Å². The van der Waals surface area contributed by atoms with Gasteiger partial charge in [0.25, 0.3) is 0 Å². The van der Waals surface area contributed by atoms with Crippen molar-refractivity contribution in [2.24, 2.45) is 52.1 Å². The number of rotatable bonds is 1. The van der Waals surface area contributed by atoms with Gasteiger partial charge in [0.05, 0.1) is 0 Å². The Kier molecular flexibility index (Phi) is 3.11. The van der Waals surface area contributed by atoms with Gasteiger partial charge in [0.1, 0.15) is 0 Å². The van der Waals surface area contributed by atoms with Crippen LogP contribution in [0, 0.1) is 46.3 Å². The van der Waals surface area contributed by atoms with E-state index in [-0.39, 0.29) is 0 Å². The number of fused-ring (bicyclic) bond motifs is 5. The SMILES string of the molecule is CC(C)C1CCC2C3CC4CC(N)CC4(C)C3CCC12C. The second kappa shape index (κ2) is 4.49. The molecule has 0 radical (unpaired) electrons. The lowest BCUT2D eigenvalue weighted by molar-refractivity contribution is -0.0146. The van der Waals surface area contributed by atoms with Crippen molar-refractivity contribution in [2.75, 3.05) is 0 Å². The predicted octanol–water partition coefficient (Wildman–Crippen LogP) is 4.85. The van der Waals surface area contributed by atoms with Crippen LogP contribution in [0.3, 0.4) is 0 Å². The number of hydrogen-bond donors (Lipinski definition) is 1. The summed E-state index contributed by atoms with van der Waals surface area (Å²) in [7, 11) is 0. The Balaban J connectivity index is 1.63. The van der Waals surface area contributed by atoms with Crippen LogP contribution in [-0.2, 0) is 0 Å². The molecule has 1 nitrogen and oxygen atoms in total. The van der Waals surface area contributed by atoms with Crippen LogP contribution >= 0.6 is 0 Å². The van der Waals surface area contributed by atoms with Crippen LogP contribution < -0.4 is 5.73 Å². The van der Waals surface area contributed by atoms with E-state index in [1.54, 1.807) is 0 Å². The molecular formula is C20H35N. The summed E-state index contributed by atoms with van der Waals surface area (Å²) in [5.41, 5.74) is 7.58. The largest absolute Gasteiger partial charge is 0.328 e. The summed E-state index contributed by atoms with van der Waals surface area (Å²) < 4.78 is 0. The molecule has 0 spiro atoms. The molecule has 8 atom stereocenters. The van der Waals surface area contributed by atoms with Gasteiger partial charge in [0.2, 0.25) is 0 Å². The summed E-state index contributed by atoms with van der Waals surface area (Å²) in [6, 6.07) is 0.501. The predicted molar refractivity (Wildman–Crippen MR) is 88.8 cm³/mol. The third-order valence-corrected chi connectivity index (χ3v) is 8.94. The molecule has 2 N–H and O–H groups in total. The fourth-order valence-electron chi connectivity index (χ4n) is 8.17. The van der Waals surface area contributed by atoms with Crippen molar-refractivity contribution in [3.05, 3.63) is 0 Å². The maximum Gasteiger partial charge on any atom is 0.00470 e. The zero-order chi connectivity index (χ0) is 15.0. The third-order valence-electron chi connectivity index (χ3n) is 8.94. The monoisotopic (exact) mass is 289 g/mol. The van der Waals surface area contributed by atoms with E-state index in [1.165, 1.54) is 44.9 Å². The van der Waals surface area contributed by atoms with Crippen LogP contribution in [0.1, 0.15) is 72.6 Å². The highest BCUT2D eigenvalue weighted by molar-refractivity contribution is 5.13. The maximum absolute atomic E-state index is 6.33. The Hall–Kier alpha value is -0.0400. The van der Waals surface area contributed by atoms with E-state index in [1.807, 2.05) is 0 Å². The Morgan fingerprint density at radius 1 is 0.952 bits per heavy atom. The van der Waals surface area contributed by atoms with Gasteiger partial charge in [-0.25, -0.2) is 0 Å². The highest BCUT2D eigenvalue weighted by Gasteiger charge is 2.63. The van der Waals surface area contributed by atoms with Gasteiger partial charge in [-0.15, -0.1) is 0 Å². The molecule has 0 heterocycles. The molecule has 0 aliphatic heterocycles. The van der Waals surface area contributed by atoms with E-state index in [9.17, 15) is 0 Å². The minimum atomic E-state index is 0.501. The standard InChI is InChI=1S/C20H35N/c1-12(2)16-5-6-17-15-10-13-9-14(21)11-20(13,4)18(15)7-8-19(16,17)3/h12-18H,5-11,21H2,1-4H3. The topological polar surface area (TPSA) is 26.0 Å². The van der Waals surface area contributed by atoms with Crippen LogP contribution in [0.5, 0.6) is 0 Å². The van der Waals surface area contributed by atoms with Gasteiger partial charge in [-0.2, -0.15) is 0 Å². The molecule has 1 heteroatoms. The second-order valence-corrected chi connectivity index (χ2v) is 9.99. The average molecular weight is 290 g/mol. The summed E-state index contributed by atoms with van der Waals surface area (Å²) in [6.07, 6.45) is 10.2. The van der Waals surface area contributed by atoms with Crippen LogP contribution in [0.25, 0.3) is 0 Å². The smallest absolute Gasteiger partial charge is 0.00470 e. The summed E-state index contributed by atoms with van der Waals surface area (Å²) in [4.78, 5) is 0. The van der Waals surface area contributed by atoms with E-state index in [0.717, 1.165) is 35.5 Å². The Morgan fingerprint density at radius 2 is 1.67 bits per heavy atom. The fraction of sp³-hybridized carbons (Fsp3) is 1.00. The molecule has 0 aromatic heterocycles. The molecule has 0 aromatic rings. The lowest BCUT2D eigenvalue weighted by Gasteiger charge is -2.50. The molecule has 0 aromatic carbocycles. The van der Waals surface area contributed by atoms with Gasteiger partial charge in [0, 0.05) is 6.04 Å². The first kappa shape index (κ1) is 14.5. The van der Waals surface area contributed by atoms with Crippen LogP contribution in [0.15, 0.2) is 0 Å². The molecule has 8 unspecified atom stereocenters. The first-order valence-electron chi connectivity index (χ1n) is 9.62. The maximum atomic E-state index is 6.33. The molecule has 4 fully saturated rings. The lowest BCUT2D eigenvalue weighted by Crippen LogP contribution is -2.43. The van der Waals surface area contributed by atoms with E-state index in [2.05, 4.69) is 27.7 Å². The molecule has 0 bridgehead atoms. The molecular weight excluding hydrogens is 254 g/mol. The normalized spacial score (nSPS) is 59.1. The fourth-order valence-corrected chi connectivity index (χ4v) is 8.17. The minimum Gasteiger partial charge on any atom is -0.328 e. The van der Waals surface area contributed by atoms with Crippen molar-refractivity contribution < 1.29 is 0 Å². The van der Waals surface area contributed by atoms with Crippen molar-refractivity contribution in [1.82, 2.24) is 0 Å². The van der Waals surface area contributed by atoms with Crippen LogP contribution in [-0.4, -0.2) is 6.04 Å². The molecule has 0 saturated heterocycles. The summed E-state index contributed by atoms with van der Waals surface area (Å²) in [6.45, 7) is 10.2. The Morgan fingerprint density at radius 3 is 2.38 bits per heavy atom. The highest BCUT2D eigenvalue weighted by Crippen LogP contribution is 2.70. The van der Waals surface area contributed by atoms with Gasteiger partial charge in [-0.3, -0.25) is 0 Å². The quantitative estimate of drug-likeness (QED) is 0.734. The molecule has 0 amide bonds. The van der Waals surface area contributed by atoms with Crippen molar-refractivity contribution in [1.29, 1.82) is 0 Å². The summed E-state index contributed by atoms with van der Waals surface area (Å²) in [5, 5.41) is 0. The molecule has 4 saturated carbocycles. The first-order valence-corrected chi connectivity index (χ1v) is 9.62. The van der Waals surface area contributed by atoms with Gasteiger partial charge in [-0.05, 0) is 91.3 Å². The van der Waals surface area contributed by atoms with E-state index < -0.39 is 0 Å². The van der Waals surface area contributed by atoms with Crippen LogP contribution in [0.2, 0.25) is 0 Å². The van der Waals surface area contributed by atoms with Gasteiger partial charge in [-0.1, -0.05) is 27.7 Å². The molecule has 21 heavy (non-hydrogen) atoms. The minimum absolute atomic E-state index is 0.501. The number of nitrogens with two attached hydrogens (primary N) is 1. The lowest BCUT2D eigenvalue weighted by atomic mass is 9.55. The zero-order valence-corrected chi connectivity index (χ0v) is 14.6. The first-order chi connectivity index (χ1) is 9.86. The molecule has 4 aliphatic rings. The summed E-state index contributed by atoms with van der Waals surface area (Å²) >= 11 is 0. The van der Waals surface area contributed by atoms with E-state index in [4.69, 9.17) is 5.73 Å².